The first-order valence-electron chi connectivity index (χ1n) is 7.52. The Labute approximate surface area is 156 Å². The highest BCUT2D eigenvalue weighted by atomic mass is 32.2. The summed E-state index contributed by atoms with van der Waals surface area (Å²) in [5, 5.41) is 7.49. The van der Waals surface area contributed by atoms with Gasteiger partial charge in [-0.05, 0) is 42.8 Å². The molecular weight excluding hydrogens is 376 g/mol. The minimum atomic E-state index is -3.79. The Bertz CT molecular complexity index is 896. The number of hydrogen-bond donors (Lipinski definition) is 2. The van der Waals surface area contributed by atoms with E-state index < -0.39 is 28.5 Å². The molecule has 0 saturated heterocycles. The number of thioether (sulfide) groups is 1. The SMILES string of the molecule is Cc1ccccc1SCC(=O)OCC(=O)Nc1ccc(S(N)(=O)=O)cc1. The van der Waals surface area contributed by atoms with Gasteiger partial charge < -0.3 is 10.1 Å². The van der Waals surface area contributed by atoms with Crippen molar-refractivity contribution in [3.05, 3.63) is 54.1 Å². The summed E-state index contributed by atoms with van der Waals surface area (Å²) in [6, 6.07) is 13.0. The Kier molecular flexibility index (Phi) is 6.78. The number of hydrogen-bond acceptors (Lipinski definition) is 6. The number of nitrogens with one attached hydrogen (secondary N) is 1. The van der Waals surface area contributed by atoms with Crippen LogP contribution in [-0.4, -0.2) is 32.7 Å². The van der Waals surface area contributed by atoms with Crippen molar-refractivity contribution in [2.45, 2.75) is 16.7 Å². The quantitative estimate of drug-likeness (QED) is 0.547. The topological polar surface area (TPSA) is 116 Å². The van der Waals surface area contributed by atoms with Crippen LogP contribution in [0.5, 0.6) is 0 Å². The molecular formula is C17H18N2O5S2. The Morgan fingerprint density at radius 2 is 1.77 bits per heavy atom. The predicted octanol–water partition coefficient (Wildman–Crippen LogP) is 1.92. The molecule has 7 nitrogen and oxygen atoms in total. The second-order valence-electron chi connectivity index (χ2n) is 5.33. The molecule has 0 radical (unpaired) electrons. The first-order chi connectivity index (χ1) is 12.3. The maximum Gasteiger partial charge on any atom is 0.316 e. The summed E-state index contributed by atoms with van der Waals surface area (Å²) in [6.45, 7) is 1.52. The Morgan fingerprint density at radius 1 is 1.12 bits per heavy atom. The molecule has 1 amide bonds. The van der Waals surface area contributed by atoms with Gasteiger partial charge in [-0.15, -0.1) is 11.8 Å². The molecule has 0 heterocycles. The fraction of sp³-hybridized carbons (Fsp3) is 0.176. The van der Waals surface area contributed by atoms with Crippen molar-refractivity contribution in [2.75, 3.05) is 17.7 Å². The number of primary sulfonamides is 1. The number of ether oxygens (including phenoxy) is 1. The van der Waals surface area contributed by atoms with Gasteiger partial charge in [-0.25, -0.2) is 13.6 Å². The summed E-state index contributed by atoms with van der Waals surface area (Å²) in [5.74, 6) is -0.929. The van der Waals surface area contributed by atoms with E-state index in [4.69, 9.17) is 9.88 Å². The molecule has 3 N–H and O–H groups in total. The van der Waals surface area contributed by atoms with Crippen molar-refractivity contribution in [2.24, 2.45) is 5.14 Å². The largest absolute Gasteiger partial charge is 0.455 e. The van der Waals surface area contributed by atoms with E-state index in [0.717, 1.165) is 10.5 Å². The third-order valence-corrected chi connectivity index (χ3v) is 5.35. The average Bonchev–Trinajstić information content (AvgIpc) is 2.59. The van der Waals surface area contributed by atoms with Gasteiger partial charge in [0.15, 0.2) is 6.61 Å². The summed E-state index contributed by atoms with van der Waals surface area (Å²) in [6.07, 6.45) is 0. The number of amides is 1. The Balaban J connectivity index is 1.77. The number of sulfonamides is 1. The van der Waals surface area contributed by atoms with Crippen molar-refractivity contribution < 1.29 is 22.7 Å². The number of esters is 1. The summed E-state index contributed by atoms with van der Waals surface area (Å²) in [4.78, 5) is 24.4. The minimum absolute atomic E-state index is 0.0600. The fourth-order valence-electron chi connectivity index (χ4n) is 1.97. The number of rotatable bonds is 7. The zero-order valence-corrected chi connectivity index (χ0v) is 15.6. The van der Waals surface area contributed by atoms with Crippen LogP contribution >= 0.6 is 11.8 Å². The molecule has 9 heteroatoms. The van der Waals surface area contributed by atoms with E-state index in [9.17, 15) is 18.0 Å². The van der Waals surface area contributed by atoms with E-state index in [1.54, 1.807) is 0 Å². The predicted molar refractivity (Wildman–Crippen MR) is 99.3 cm³/mol. The summed E-state index contributed by atoms with van der Waals surface area (Å²) in [5.41, 5.74) is 1.43. The van der Waals surface area contributed by atoms with Gasteiger partial charge in [-0.3, -0.25) is 9.59 Å². The summed E-state index contributed by atoms with van der Waals surface area (Å²) < 4.78 is 27.2. The molecule has 2 aromatic rings. The summed E-state index contributed by atoms with van der Waals surface area (Å²) >= 11 is 1.34. The molecule has 26 heavy (non-hydrogen) atoms. The van der Waals surface area contributed by atoms with Crippen LogP contribution in [0.1, 0.15) is 5.56 Å². The van der Waals surface area contributed by atoms with Crippen molar-refractivity contribution in [3.63, 3.8) is 0 Å². The molecule has 2 rings (SSSR count). The fourth-order valence-corrected chi connectivity index (χ4v) is 3.31. The zero-order chi connectivity index (χ0) is 19.2. The van der Waals surface area contributed by atoms with Gasteiger partial charge in [-0.2, -0.15) is 0 Å². The van der Waals surface area contributed by atoms with E-state index in [0.29, 0.717) is 5.69 Å². The maximum atomic E-state index is 11.8. The lowest BCUT2D eigenvalue weighted by Crippen LogP contribution is -2.21. The molecule has 0 aromatic heterocycles. The van der Waals surface area contributed by atoms with E-state index in [1.807, 2.05) is 31.2 Å². The van der Waals surface area contributed by atoms with Gasteiger partial charge in [0.05, 0.1) is 10.6 Å². The molecule has 0 aliphatic heterocycles. The molecule has 0 aliphatic carbocycles. The molecule has 0 spiro atoms. The summed E-state index contributed by atoms with van der Waals surface area (Å²) in [7, 11) is -3.79. The second-order valence-corrected chi connectivity index (χ2v) is 7.91. The number of nitrogens with two attached hydrogens (primary N) is 1. The van der Waals surface area contributed by atoms with E-state index in [-0.39, 0.29) is 10.6 Å². The van der Waals surface area contributed by atoms with Crippen LogP contribution in [0.15, 0.2) is 58.3 Å². The van der Waals surface area contributed by atoms with E-state index >= 15 is 0 Å². The van der Waals surface area contributed by atoms with E-state index in [2.05, 4.69) is 5.32 Å². The first-order valence-corrected chi connectivity index (χ1v) is 10.1. The molecule has 0 aliphatic rings. The standard InChI is InChI=1S/C17H18N2O5S2/c1-12-4-2-3-5-15(12)25-11-17(21)24-10-16(20)19-13-6-8-14(9-7-13)26(18,22)23/h2-9H,10-11H2,1H3,(H,19,20)(H2,18,22,23). The lowest BCUT2D eigenvalue weighted by Gasteiger charge is -2.08. The molecule has 138 valence electrons. The highest BCUT2D eigenvalue weighted by Gasteiger charge is 2.11. The van der Waals surface area contributed by atoms with Crippen LogP contribution in [0.4, 0.5) is 5.69 Å². The van der Waals surface area contributed by atoms with E-state index in [1.165, 1.54) is 36.0 Å². The third kappa shape index (κ3) is 6.17. The average molecular weight is 394 g/mol. The molecule has 0 saturated carbocycles. The van der Waals surface area contributed by atoms with Crippen LogP contribution in [0, 0.1) is 6.92 Å². The van der Waals surface area contributed by atoms with Gasteiger partial charge >= 0.3 is 5.97 Å². The van der Waals surface area contributed by atoms with Gasteiger partial charge in [0.1, 0.15) is 0 Å². The first kappa shape index (κ1) is 20.0. The van der Waals surface area contributed by atoms with Gasteiger partial charge in [0, 0.05) is 10.6 Å². The molecule has 2 aromatic carbocycles. The Hall–Kier alpha value is -2.36. The van der Waals surface area contributed by atoms with Crippen LogP contribution in [0.25, 0.3) is 0 Å². The van der Waals surface area contributed by atoms with Crippen molar-refractivity contribution in [1.29, 1.82) is 0 Å². The van der Waals surface area contributed by atoms with Crippen molar-refractivity contribution >= 4 is 39.3 Å². The smallest absolute Gasteiger partial charge is 0.316 e. The number of benzene rings is 2. The van der Waals surface area contributed by atoms with Gasteiger partial charge in [0.2, 0.25) is 10.0 Å². The third-order valence-electron chi connectivity index (χ3n) is 3.27. The monoisotopic (exact) mass is 394 g/mol. The Morgan fingerprint density at radius 3 is 2.38 bits per heavy atom. The zero-order valence-electron chi connectivity index (χ0n) is 14.0. The number of anilines is 1. The maximum absolute atomic E-state index is 11.8. The lowest BCUT2D eigenvalue weighted by molar-refractivity contribution is -0.144. The van der Waals surface area contributed by atoms with Gasteiger partial charge in [0.25, 0.3) is 5.91 Å². The normalized spacial score (nSPS) is 11.0. The number of aryl methyl sites for hydroxylation is 1. The second kappa shape index (κ2) is 8.84. The van der Waals surface area contributed by atoms with Crippen LogP contribution in [0.2, 0.25) is 0 Å². The van der Waals surface area contributed by atoms with Gasteiger partial charge in [-0.1, -0.05) is 18.2 Å². The number of carbonyl (C=O) groups excluding carboxylic acids is 2. The van der Waals surface area contributed by atoms with Crippen LogP contribution in [0.3, 0.4) is 0 Å². The van der Waals surface area contributed by atoms with Crippen LogP contribution in [-0.2, 0) is 24.3 Å². The lowest BCUT2D eigenvalue weighted by atomic mass is 10.2. The molecule has 0 bridgehead atoms. The minimum Gasteiger partial charge on any atom is -0.455 e. The highest BCUT2D eigenvalue weighted by Crippen LogP contribution is 2.21. The molecule has 0 unspecified atom stereocenters. The molecule has 0 fully saturated rings. The molecule has 0 atom stereocenters. The number of carbonyl (C=O) groups is 2. The van der Waals surface area contributed by atoms with Crippen LogP contribution < -0.4 is 10.5 Å². The van der Waals surface area contributed by atoms with Crippen molar-refractivity contribution in [3.8, 4) is 0 Å². The highest BCUT2D eigenvalue weighted by molar-refractivity contribution is 8.00. The van der Waals surface area contributed by atoms with Crippen molar-refractivity contribution in [1.82, 2.24) is 0 Å².